The number of aliphatic imine (C=N–C) groups is 2. The molecule has 0 radical (unpaired) electrons. The van der Waals surface area contributed by atoms with Crippen LogP contribution in [0.4, 0.5) is 0 Å². The fourth-order valence-electron chi connectivity index (χ4n) is 7.43. The Morgan fingerprint density at radius 3 is 2.76 bits per heavy atom. The maximum absolute atomic E-state index is 10.8. The Balaban J connectivity index is 1.38. The van der Waals surface area contributed by atoms with Crippen molar-refractivity contribution in [3.8, 4) is 11.5 Å². The normalized spacial score (nSPS) is 29.2. The van der Waals surface area contributed by atoms with Gasteiger partial charge in [-0.1, -0.05) is 81.2 Å². The molecule has 0 aromatic heterocycles. The molecule has 1 aliphatic heterocycles. The first-order valence-corrected chi connectivity index (χ1v) is 15.8. The molecule has 6 unspecified atom stereocenters. The highest BCUT2D eigenvalue weighted by molar-refractivity contribution is 6.15. The molecule has 6 rings (SSSR count). The Morgan fingerprint density at radius 2 is 1.93 bits per heavy atom. The first kappa shape index (κ1) is 28.0. The fourth-order valence-corrected chi connectivity index (χ4v) is 7.43. The zero-order valence-electron chi connectivity index (χ0n) is 24.5. The standard InChI is InChI=1S/C36H44N2O3/c1-3-5-10-23(4-2)22-41-35-21-33(37-36(38-35)30-18-16-25(39)19-34(30)40)32-20-31-26-12-7-6-11-24(26)15-17-29(31)27-13-8-9-14-28(27)32/h6-7,9,11-12,14,16,18-20,23-24,26-28,35,39-40H,3-5,8,10,13,15,17,21-22H2,1-2H3. The molecule has 0 spiro atoms. The average Bonchev–Trinajstić information content (AvgIpc) is 3.00. The van der Waals surface area contributed by atoms with Gasteiger partial charge < -0.3 is 14.9 Å². The summed E-state index contributed by atoms with van der Waals surface area (Å²) in [6.07, 6.45) is 26.0. The molecule has 1 aromatic carbocycles. The highest BCUT2D eigenvalue weighted by Crippen LogP contribution is 2.51. The van der Waals surface area contributed by atoms with Gasteiger partial charge in [0.05, 0.1) is 17.9 Å². The zero-order chi connectivity index (χ0) is 28.3. The van der Waals surface area contributed by atoms with Crippen molar-refractivity contribution in [2.45, 2.75) is 77.9 Å². The molecular weight excluding hydrogens is 508 g/mol. The van der Waals surface area contributed by atoms with Crippen LogP contribution in [-0.4, -0.2) is 34.6 Å². The van der Waals surface area contributed by atoms with Gasteiger partial charge in [-0.25, -0.2) is 9.98 Å². The molecule has 6 atom stereocenters. The molecule has 0 saturated carbocycles. The van der Waals surface area contributed by atoms with Gasteiger partial charge in [0.1, 0.15) is 11.5 Å². The summed E-state index contributed by atoms with van der Waals surface area (Å²) in [5.74, 6) is 2.81. The second-order valence-corrected chi connectivity index (χ2v) is 12.3. The fraction of sp³-hybridized carbons (Fsp3) is 0.500. The van der Waals surface area contributed by atoms with Gasteiger partial charge in [-0.3, -0.25) is 0 Å². The molecule has 4 aliphatic carbocycles. The van der Waals surface area contributed by atoms with Crippen LogP contribution in [0.3, 0.4) is 0 Å². The second-order valence-electron chi connectivity index (χ2n) is 12.3. The van der Waals surface area contributed by atoms with Crippen LogP contribution in [-0.2, 0) is 4.74 Å². The molecule has 216 valence electrons. The summed E-state index contributed by atoms with van der Waals surface area (Å²) in [6.45, 7) is 5.15. The van der Waals surface area contributed by atoms with Crippen molar-refractivity contribution in [1.82, 2.24) is 0 Å². The third-order valence-corrected chi connectivity index (χ3v) is 9.76. The number of benzene rings is 1. The van der Waals surface area contributed by atoms with E-state index in [1.807, 2.05) is 0 Å². The summed E-state index contributed by atoms with van der Waals surface area (Å²) < 4.78 is 6.52. The topological polar surface area (TPSA) is 74.4 Å². The number of phenols is 2. The summed E-state index contributed by atoms with van der Waals surface area (Å²) in [5.41, 5.74) is 5.97. The van der Waals surface area contributed by atoms with E-state index < -0.39 is 0 Å². The van der Waals surface area contributed by atoms with E-state index >= 15 is 0 Å². The van der Waals surface area contributed by atoms with Crippen LogP contribution in [0.2, 0.25) is 0 Å². The number of hydrogen-bond donors (Lipinski definition) is 2. The molecule has 1 aromatic rings. The predicted octanol–water partition coefficient (Wildman–Crippen LogP) is 8.22. The molecule has 0 amide bonds. The first-order valence-electron chi connectivity index (χ1n) is 15.8. The minimum absolute atomic E-state index is 0.0193. The van der Waals surface area contributed by atoms with Crippen LogP contribution < -0.4 is 0 Å². The number of nitrogens with zero attached hydrogens (tertiary/aromatic N) is 2. The minimum atomic E-state index is -0.361. The van der Waals surface area contributed by atoms with E-state index in [9.17, 15) is 10.2 Å². The maximum atomic E-state index is 10.8. The van der Waals surface area contributed by atoms with E-state index in [2.05, 4.69) is 56.4 Å². The Hall–Kier alpha value is -3.18. The molecule has 5 aliphatic rings. The molecule has 2 N–H and O–H groups in total. The monoisotopic (exact) mass is 552 g/mol. The largest absolute Gasteiger partial charge is 0.508 e. The Bertz CT molecular complexity index is 1360. The molecule has 5 nitrogen and oxygen atoms in total. The number of rotatable bonds is 9. The third kappa shape index (κ3) is 5.79. The molecule has 5 heteroatoms. The summed E-state index contributed by atoms with van der Waals surface area (Å²) in [6, 6.07) is 4.64. The van der Waals surface area contributed by atoms with E-state index in [1.165, 1.54) is 49.3 Å². The zero-order valence-corrected chi connectivity index (χ0v) is 24.5. The SMILES string of the molecule is CCCCC(CC)COC1CC(C2=CC3=C(CCC4C=CC=CC34)C3CCC=CC23)=NC(c2ccc(O)cc2O)=N1. The van der Waals surface area contributed by atoms with Crippen LogP contribution in [0.15, 0.2) is 87.4 Å². The number of unbranched alkanes of at least 4 members (excludes halogenated alkanes) is 1. The third-order valence-electron chi connectivity index (χ3n) is 9.76. The number of phenolic OH excluding ortho intramolecular Hbond substituents is 2. The molecule has 0 bridgehead atoms. The second kappa shape index (κ2) is 12.4. The lowest BCUT2D eigenvalue weighted by atomic mass is 9.61. The molecule has 1 heterocycles. The van der Waals surface area contributed by atoms with Crippen LogP contribution in [0, 0.1) is 29.6 Å². The lowest BCUT2D eigenvalue weighted by Gasteiger charge is -2.43. The van der Waals surface area contributed by atoms with E-state index in [0.717, 1.165) is 25.0 Å². The summed E-state index contributed by atoms with van der Waals surface area (Å²) in [7, 11) is 0. The van der Waals surface area contributed by atoms with Crippen LogP contribution in [0.5, 0.6) is 11.5 Å². The Labute approximate surface area is 244 Å². The highest BCUT2D eigenvalue weighted by Gasteiger charge is 2.40. The van der Waals surface area contributed by atoms with Crippen molar-refractivity contribution >= 4 is 11.5 Å². The molecule has 0 fully saturated rings. The average molecular weight is 553 g/mol. The van der Waals surface area contributed by atoms with Crippen molar-refractivity contribution in [2.24, 2.45) is 39.6 Å². The van der Waals surface area contributed by atoms with Crippen molar-refractivity contribution < 1.29 is 14.9 Å². The smallest absolute Gasteiger partial charge is 0.161 e. The number of fused-ring (bicyclic) bond motifs is 4. The highest BCUT2D eigenvalue weighted by atomic mass is 16.5. The van der Waals surface area contributed by atoms with Gasteiger partial charge in [-0.15, -0.1) is 0 Å². The molecule has 41 heavy (non-hydrogen) atoms. The summed E-state index contributed by atoms with van der Waals surface area (Å²) in [4.78, 5) is 10.0. The van der Waals surface area contributed by atoms with Crippen LogP contribution >= 0.6 is 0 Å². The van der Waals surface area contributed by atoms with Gasteiger partial charge in [0.15, 0.2) is 12.1 Å². The van der Waals surface area contributed by atoms with Crippen molar-refractivity contribution in [3.63, 3.8) is 0 Å². The first-order chi connectivity index (χ1) is 20.1. The Morgan fingerprint density at radius 1 is 1.05 bits per heavy atom. The van der Waals surface area contributed by atoms with Gasteiger partial charge in [-0.2, -0.15) is 0 Å². The van der Waals surface area contributed by atoms with E-state index in [4.69, 9.17) is 14.7 Å². The van der Waals surface area contributed by atoms with Crippen molar-refractivity contribution in [2.75, 3.05) is 6.61 Å². The number of ether oxygens (including phenoxy) is 1. The van der Waals surface area contributed by atoms with E-state index in [-0.39, 0.29) is 17.7 Å². The van der Waals surface area contributed by atoms with E-state index in [1.54, 1.807) is 17.7 Å². The van der Waals surface area contributed by atoms with Crippen molar-refractivity contribution in [3.05, 3.63) is 83.0 Å². The van der Waals surface area contributed by atoms with Gasteiger partial charge in [-0.05, 0) is 73.1 Å². The van der Waals surface area contributed by atoms with Gasteiger partial charge in [0.2, 0.25) is 0 Å². The van der Waals surface area contributed by atoms with Crippen molar-refractivity contribution in [1.29, 1.82) is 0 Å². The maximum Gasteiger partial charge on any atom is 0.161 e. The van der Waals surface area contributed by atoms with E-state index in [0.29, 0.717) is 54.0 Å². The number of allylic oxidation sites excluding steroid dienone is 10. The van der Waals surface area contributed by atoms with Gasteiger partial charge in [0, 0.05) is 24.3 Å². The van der Waals surface area contributed by atoms with Crippen LogP contribution in [0.1, 0.15) is 77.2 Å². The predicted molar refractivity (Wildman–Crippen MR) is 166 cm³/mol. The summed E-state index contributed by atoms with van der Waals surface area (Å²) in [5, 5.41) is 20.7. The van der Waals surface area contributed by atoms with Gasteiger partial charge in [0.25, 0.3) is 0 Å². The van der Waals surface area contributed by atoms with Gasteiger partial charge >= 0.3 is 0 Å². The quantitative estimate of drug-likeness (QED) is 0.303. The number of hydrogen-bond acceptors (Lipinski definition) is 5. The molecular formula is C36H44N2O3. The number of amidine groups is 1. The lowest BCUT2D eigenvalue weighted by Crippen LogP contribution is -2.35. The molecule has 0 saturated heterocycles. The minimum Gasteiger partial charge on any atom is -0.508 e. The Kier molecular flexibility index (Phi) is 8.43. The van der Waals surface area contributed by atoms with Crippen LogP contribution in [0.25, 0.3) is 0 Å². The number of aromatic hydroxyl groups is 2. The lowest BCUT2D eigenvalue weighted by molar-refractivity contribution is 0.0346. The summed E-state index contributed by atoms with van der Waals surface area (Å²) >= 11 is 0.